The number of carbonyl (C=O) groups excluding carboxylic acids is 1. The molecule has 0 saturated carbocycles. The van der Waals surface area contributed by atoms with Crippen molar-refractivity contribution in [1.29, 1.82) is 0 Å². The predicted octanol–water partition coefficient (Wildman–Crippen LogP) is 2.61. The monoisotopic (exact) mass is 163 g/mol. The van der Waals surface area contributed by atoms with E-state index in [1.807, 2.05) is 34.6 Å². The number of hydrogen-bond acceptors (Lipinski definition) is 2. The Kier molecular flexibility index (Phi) is 111. The number of carbonyl (C=O) groups is 1. The van der Waals surface area contributed by atoms with Crippen molar-refractivity contribution in [3.05, 3.63) is 0 Å². The van der Waals surface area contributed by atoms with Gasteiger partial charge >= 0.3 is 0 Å². The van der Waals surface area contributed by atoms with Gasteiger partial charge in [-0.2, -0.15) is 0 Å². The van der Waals surface area contributed by atoms with Gasteiger partial charge in [0.2, 0.25) is 0 Å². The van der Waals surface area contributed by atoms with Crippen LogP contribution in [0.4, 0.5) is 0 Å². The molecule has 0 aliphatic carbocycles. The highest BCUT2D eigenvalue weighted by molar-refractivity contribution is 5.74. The van der Waals surface area contributed by atoms with Gasteiger partial charge in [-0.25, -0.2) is 0 Å². The fourth-order valence-corrected chi connectivity index (χ4v) is 0. The van der Waals surface area contributed by atoms with Gasteiger partial charge in [-0.15, -0.1) is 0 Å². The highest BCUT2D eigenvalue weighted by atomic mass is 16.1. The lowest BCUT2D eigenvalue weighted by molar-refractivity contribution is -0.116. The first-order chi connectivity index (χ1) is 5.27. The number of hydrogen-bond donors (Lipinski definition) is 1. The minimum Gasteiger partial charge on any atom is -0.333 e. The Morgan fingerprint density at radius 1 is 1.09 bits per heavy atom. The Hall–Kier alpha value is -0.370. The number of ketones is 1. The Labute approximate surface area is 72.2 Å². The van der Waals surface area contributed by atoms with Crippen LogP contribution in [0.5, 0.6) is 0 Å². The molecule has 0 unspecified atom stereocenters. The summed E-state index contributed by atoms with van der Waals surface area (Å²) in [6.07, 6.45) is 0.667. The molecule has 2 heteroatoms. The van der Waals surface area contributed by atoms with Crippen LogP contribution in [0.2, 0.25) is 0 Å². The van der Waals surface area contributed by atoms with Crippen LogP contribution in [0.1, 0.15) is 48.0 Å². The molecule has 2 N–H and O–H groups in total. The van der Waals surface area contributed by atoms with Crippen LogP contribution >= 0.6 is 0 Å². The molecule has 0 fully saturated rings. The molecule has 0 atom stereocenters. The van der Waals surface area contributed by atoms with Crippen LogP contribution in [0.15, 0.2) is 0 Å². The molecule has 0 amide bonds. The first-order valence-corrected chi connectivity index (χ1v) is 4.34. The Morgan fingerprint density at radius 2 is 1.18 bits per heavy atom. The Morgan fingerprint density at radius 3 is 1.18 bits per heavy atom. The molecule has 0 saturated heterocycles. The van der Waals surface area contributed by atoms with Gasteiger partial charge in [0.05, 0.1) is 0 Å². The van der Waals surface area contributed by atoms with Crippen LogP contribution in [0, 0.1) is 0 Å². The third-order valence-electron chi connectivity index (χ3n) is 0.498. The van der Waals surface area contributed by atoms with Crippen LogP contribution in [0.25, 0.3) is 0 Å². The van der Waals surface area contributed by atoms with Crippen molar-refractivity contribution in [1.82, 2.24) is 0 Å². The van der Waals surface area contributed by atoms with E-state index in [4.69, 9.17) is 0 Å². The lowest BCUT2D eigenvalue weighted by Gasteiger charge is -1.71. The van der Waals surface area contributed by atoms with Crippen molar-refractivity contribution >= 4 is 5.78 Å². The smallest absolute Gasteiger partial charge is 0.129 e. The minimum absolute atomic E-state index is 0.255. The van der Waals surface area contributed by atoms with Crippen LogP contribution in [-0.2, 0) is 4.79 Å². The molecule has 11 heavy (non-hydrogen) atoms. The third kappa shape index (κ3) is 211. The summed E-state index contributed by atoms with van der Waals surface area (Å²) in [5, 5.41) is 0. The third-order valence-corrected chi connectivity index (χ3v) is 0.498. The molecular formula is C9H25NO. The minimum atomic E-state index is 0.255. The lowest BCUT2D eigenvalue weighted by atomic mass is 10.4. The van der Waals surface area contributed by atoms with Gasteiger partial charge in [-0.1, -0.05) is 34.6 Å². The van der Waals surface area contributed by atoms with Gasteiger partial charge in [0.15, 0.2) is 0 Å². The molecule has 0 aromatic carbocycles. The fraction of sp³-hybridized carbons (Fsp3) is 0.889. The van der Waals surface area contributed by atoms with Gasteiger partial charge in [0.25, 0.3) is 0 Å². The largest absolute Gasteiger partial charge is 0.333 e. The summed E-state index contributed by atoms with van der Waals surface area (Å²) in [7, 11) is 1.50. The van der Waals surface area contributed by atoms with E-state index in [1.165, 1.54) is 7.05 Å². The second-order valence-corrected chi connectivity index (χ2v) is 1.06. The van der Waals surface area contributed by atoms with Gasteiger partial charge in [0.1, 0.15) is 5.78 Å². The van der Waals surface area contributed by atoms with E-state index in [2.05, 4.69) is 5.73 Å². The maximum absolute atomic E-state index is 9.81. The molecule has 2 nitrogen and oxygen atoms in total. The molecule has 0 aliphatic rings. The second kappa shape index (κ2) is 54.4. The molecule has 0 spiro atoms. The first-order valence-electron chi connectivity index (χ1n) is 4.34. The van der Waals surface area contributed by atoms with Crippen molar-refractivity contribution in [3.63, 3.8) is 0 Å². The molecule has 0 bridgehead atoms. The average molecular weight is 163 g/mol. The highest BCUT2D eigenvalue weighted by Gasteiger charge is 1.76. The summed E-state index contributed by atoms with van der Waals surface area (Å²) >= 11 is 0. The molecule has 0 aromatic rings. The normalized spacial score (nSPS) is 5.09. The molecule has 72 valence electrons. The van der Waals surface area contributed by atoms with E-state index in [9.17, 15) is 4.79 Å². The van der Waals surface area contributed by atoms with Gasteiger partial charge in [0, 0.05) is 6.42 Å². The average Bonchev–Trinajstić information content (AvgIpc) is 2.15. The lowest BCUT2D eigenvalue weighted by Crippen LogP contribution is -1.80. The van der Waals surface area contributed by atoms with Gasteiger partial charge in [-0.05, 0) is 14.0 Å². The van der Waals surface area contributed by atoms with Crippen molar-refractivity contribution in [2.75, 3.05) is 7.05 Å². The van der Waals surface area contributed by atoms with E-state index in [0.29, 0.717) is 6.42 Å². The zero-order valence-electron chi connectivity index (χ0n) is 9.19. The highest BCUT2D eigenvalue weighted by Crippen LogP contribution is 1.71. The summed E-state index contributed by atoms with van der Waals surface area (Å²) in [5.74, 6) is 0.255. The quantitative estimate of drug-likeness (QED) is 0.645. The van der Waals surface area contributed by atoms with Crippen LogP contribution in [-0.4, -0.2) is 12.8 Å². The van der Waals surface area contributed by atoms with Gasteiger partial charge < -0.3 is 10.5 Å². The SMILES string of the molecule is CC.CC.CCC(C)=O.CN. The van der Waals surface area contributed by atoms with E-state index < -0.39 is 0 Å². The topological polar surface area (TPSA) is 43.1 Å². The Balaban J connectivity index is -0.0000000350. The molecule has 0 radical (unpaired) electrons. The van der Waals surface area contributed by atoms with Crippen LogP contribution < -0.4 is 5.73 Å². The summed E-state index contributed by atoms with van der Waals surface area (Å²) in [4.78, 5) is 9.81. The van der Waals surface area contributed by atoms with Gasteiger partial charge in [-0.3, -0.25) is 0 Å². The molecular weight excluding hydrogens is 138 g/mol. The maximum Gasteiger partial charge on any atom is 0.129 e. The number of Topliss-reactive ketones (excluding diaryl/α,β-unsaturated/α-hetero) is 1. The summed E-state index contributed by atoms with van der Waals surface area (Å²) < 4.78 is 0. The molecule has 0 rings (SSSR count). The fourth-order valence-electron chi connectivity index (χ4n) is 0. The van der Waals surface area contributed by atoms with E-state index in [1.54, 1.807) is 6.92 Å². The Bertz CT molecular complexity index is 44.8. The van der Waals surface area contributed by atoms with Crippen molar-refractivity contribution in [3.8, 4) is 0 Å². The van der Waals surface area contributed by atoms with Crippen LogP contribution in [0.3, 0.4) is 0 Å². The van der Waals surface area contributed by atoms with E-state index >= 15 is 0 Å². The van der Waals surface area contributed by atoms with Crippen molar-refractivity contribution < 1.29 is 4.79 Å². The number of nitrogens with two attached hydrogens (primary N) is 1. The maximum atomic E-state index is 9.81. The summed E-state index contributed by atoms with van der Waals surface area (Å²) in [6, 6.07) is 0. The van der Waals surface area contributed by atoms with Crippen molar-refractivity contribution in [2.24, 2.45) is 5.73 Å². The molecule has 0 aliphatic heterocycles. The van der Waals surface area contributed by atoms with E-state index in [-0.39, 0.29) is 5.78 Å². The summed E-state index contributed by atoms with van der Waals surface area (Å²) in [5.41, 5.74) is 4.50. The zero-order chi connectivity index (χ0) is 10.3. The molecule has 0 heterocycles. The van der Waals surface area contributed by atoms with E-state index in [0.717, 1.165) is 0 Å². The zero-order valence-corrected chi connectivity index (χ0v) is 9.19. The molecule has 0 aromatic heterocycles. The summed E-state index contributed by atoms with van der Waals surface area (Å²) in [6.45, 7) is 11.4. The second-order valence-electron chi connectivity index (χ2n) is 1.06. The predicted molar refractivity (Wildman–Crippen MR) is 53.8 cm³/mol. The number of rotatable bonds is 1. The first kappa shape index (κ1) is 22.4. The standard InChI is InChI=1S/C4H8O.2C2H6.CH5N/c1-3-4(2)5;3*1-2/h3H2,1-2H3;2*1-2H3;2H2,1H3. The van der Waals surface area contributed by atoms with Crippen molar-refractivity contribution in [2.45, 2.75) is 48.0 Å².